The average molecular weight is 347 g/mol. The summed E-state index contributed by atoms with van der Waals surface area (Å²) in [4.78, 5) is 6.79. The van der Waals surface area contributed by atoms with E-state index in [0.29, 0.717) is 29.7 Å². The van der Waals surface area contributed by atoms with Gasteiger partial charge in [0.1, 0.15) is 17.3 Å². The number of aryl methyl sites for hydroxylation is 1. The van der Waals surface area contributed by atoms with Crippen LogP contribution >= 0.6 is 0 Å². The van der Waals surface area contributed by atoms with Gasteiger partial charge in [0.15, 0.2) is 0 Å². The number of piperidine rings is 1. The summed E-state index contributed by atoms with van der Waals surface area (Å²) in [6.07, 6.45) is 2.50. The van der Waals surface area contributed by atoms with Crippen LogP contribution in [0.5, 0.6) is 5.75 Å². The van der Waals surface area contributed by atoms with Gasteiger partial charge in [0.2, 0.25) is 5.89 Å². The van der Waals surface area contributed by atoms with Gasteiger partial charge < -0.3 is 19.4 Å². The van der Waals surface area contributed by atoms with E-state index in [1.165, 1.54) is 26.0 Å². The number of oxazole rings is 1. The van der Waals surface area contributed by atoms with Crippen LogP contribution in [0, 0.1) is 18.7 Å². The van der Waals surface area contributed by atoms with Gasteiger partial charge in [-0.1, -0.05) is 0 Å². The summed E-state index contributed by atoms with van der Waals surface area (Å²) in [6.45, 7) is 5.79. The summed E-state index contributed by atoms with van der Waals surface area (Å²) in [7, 11) is 3.61. The first-order valence-electron chi connectivity index (χ1n) is 8.76. The highest BCUT2D eigenvalue weighted by molar-refractivity contribution is 5.56. The molecule has 1 fully saturated rings. The maximum absolute atomic E-state index is 14.2. The molecule has 0 bridgehead atoms. The molecule has 1 aromatic carbocycles. The predicted molar refractivity (Wildman–Crippen MR) is 95.1 cm³/mol. The second kappa shape index (κ2) is 7.97. The van der Waals surface area contributed by atoms with Crippen molar-refractivity contribution in [3.63, 3.8) is 0 Å². The Hall–Kier alpha value is -1.92. The van der Waals surface area contributed by atoms with Gasteiger partial charge >= 0.3 is 0 Å². The first kappa shape index (κ1) is 17.9. The molecule has 1 aromatic heterocycles. The third kappa shape index (κ3) is 4.38. The Kier molecular flexibility index (Phi) is 5.71. The molecule has 0 amide bonds. The van der Waals surface area contributed by atoms with Crippen LogP contribution in [0.25, 0.3) is 11.5 Å². The van der Waals surface area contributed by atoms with Gasteiger partial charge in [-0.3, -0.25) is 0 Å². The van der Waals surface area contributed by atoms with Gasteiger partial charge in [0.25, 0.3) is 0 Å². The molecule has 1 saturated heterocycles. The number of hydrogen-bond acceptors (Lipinski definition) is 5. The van der Waals surface area contributed by atoms with Crippen LogP contribution in [0.2, 0.25) is 0 Å². The second-order valence-corrected chi connectivity index (χ2v) is 6.78. The summed E-state index contributed by atoms with van der Waals surface area (Å²) < 4.78 is 25.0. The van der Waals surface area contributed by atoms with Gasteiger partial charge in [-0.2, -0.15) is 0 Å². The van der Waals surface area contributed by atoms with Gasteiger partial charge in [0.05, 0.1) is 18.4 Å². The number of rotatable bonds is 6. The van der Waals surface area contributed by atoms with Crippen molar-refractivity contribution in [1.29, 1.82) is 0 Å². The Morgan fingerprint density at radius 3 is 2.96 bits per heavy atom. The highest BCUT2D eigenvalue weighted by Crippen LogP contribution is 2.27. The Morgan fingerprint density at radius 2 is 2.28 bits per heavy atom. The summed E-state index contributed by atoms with van der Waals surface area (Å²) in [5.41, 5.74) is 1.21. The van der Waals surface area contributed by atoms with Crippen LogP contribution in [0.1, 0.15) is 24.3 Å². The van der Waals surface area contributed by atoms with Crippen molar-refractivity contribution >= 4 is 0 Å². The van der Waals surface area contributed by atoms with Crippen molar-refractivity contribution in [2.45, 2.75) is 26.3 Å². The third-order valence-corrected chi connectivity index (χ3v) is 4.69. The monoisotopic (exact) mass is 347 g/mol. The van der Waals surface area contributed by atoms with E-state index in [9.17, 15) is 4.39 Å². The lowest BCUT2D eigenvalue weighted by Gasteiger charge is -2.27. The lowest BCUT2D eigenvalue weighted by molar-refractivity contribution is 0.235. The molecule has 2 heterocycles. The number of benzene rings is 1. The largest absolute Gasteiger partial charge is 0.497 e. The first-order valence-corrected chi connectivity index (χ1v) is 8.76. The topological polar surface area (TPSA) is 50.5 Å². The molecule has 0 spiro atoms. The molecule has 2 aromatic rings. The molecule has 0 aliphatic carbocycles. The SMILES string of the molecule is COc1ccc(-c2nc(CN(C)CC3CCCNC3)c(C)o2)c(F)c1. The number of nitrogens with one attached hydrogen (secondary N) is 1. The van der Waals surface area contributed by atoms with E-state index in [1.54, 1.807) is 12.1 Å². The van der Waals surface area contributed by atoms with Crippen LogP contribution in [0.4, 0.5) is 4.39 Å². The van der Waals surface area contributed by atoms with Crippen LogP contribution in [-0.2, 0) is 6.54 Å². The van der Waals surface area contributed by atoms with Gasteiger partial charge in [-0.25, -0.2) is 9.37 Å². The fourth-order valence-corrected chi connectivity index (χ4v) is 3.33. The average Bonchev–Trinajstić information content (AvgIpc) is 2.95. The fraction of sp³-hybridized carbons (Fsp3) is 0.526. The molecule has 5 nitrogen and oxygen atoms in total. The zero-order valence-corrected chi connectivity index (χ0v) is 15.1. The standard InChI is InChI=1S/C19H26FN3O2/c1-13-18(12-23(2)11-14-5-4-8-21-10-14)22-19(25-13)16-7-6-15(24-3)9-17(16)20/h6-7,9,14,21H,4-5,8,10-12H2,1-3H3. The zero-order chi connectivity index (χ0) is 17.8. The van der Waals surface area contributed by atoms with Crippen molar-refractivity contribution < 1.29 is 13.5 Å². The Labute approximate surface area is 148 Å². The lowest BCUT2D eigenvalue weighted by atomic mass is 9.99. The minimum atomic E-state index is -0.395. The quantitative estimate of drug-likeness (QED) is 0.869. The molecule has 1 atom stereocenters. The molecule has 1 aliphatic heterocycles. The molecule has 1 N–H and O–H groups in total. The first-order chi connectivity index (χ1) is 12.1. The highest BCUT2D eigenvalue weighted by atomic mass is 19.1. The predicted octanol–water partition coefficient (Wildman–Crippen LogP) is 3.23. The molecule has 136 valence electrons. The van der Waals surface area contributed by atoms with E-state index in [-0.39, 0.29) is 0 Å². The van der Waals surface area contributed by atoms with Gasteiger partial charge in [-0.15, -0.1) is 0 Å². The number of ether oxygens (including phenoxy) is 1. The number of halogens is 1. The van der Waals surface area contributed by atoms with E-state index >= 15 is 0 Å². The number of aromatic nitrogens is 1. The van der Waals surface area contributed by atoms with Crippen LogP contribution in [-0.4, -0.2) is 43.7 Å². The zero-order valence-electron chi connectivity index (χ0n) is 15.1. The highest BCUT2D eigenvalue weighted by Gasteiger charge is 2.19. The minimum Gasteiger partial charge on any atom is -0.497 e. The number of hydrogen-bond donors (Lipinski definition) is 1. The van der Waals surface area contributed by atoms with Crippen molar-refractivity contribution in [2.24, 2.45) is 5.92 Å². The summed E-state index contributed by atoms with van der Waals surface area (Å²) >= 11 is 0. The molecule has 1 unspecified atom stereocenters. The van der Waals surface area contributed by atoms with E-state index in [0.717, 1.165) is 31.1 Å². The van der Waals surface area contributed by atoms with Crippen LogP contribution in [0.3, 0.4) is 0 Å². The van der Waals surface area contributed by atoms with Crippen LogP contribution < -0.4 is 10.1 Å². The molecule has 1 aliphatic rings. The molecule has 0 radical (unpaired) electrons. The number of nitrogens with zero attached hydrogens (tertiary/aromatic N) is 2. The van der Waals surface area contributed by atoms with E-state index in [1.807, 2.05) is 6.92 Å². The molecule has 3 rings (SSSR count). The Balaban J connectivity index is 1.69. The maximum atomic E-state index is 14.2. The summed E-state index contributed by atoms with van der Waals surface area (Å²) in [5.74, 6) is 1.81. The molecule has 0 saturated carbocycles. The molecule has 25 heavy (non-hydrogen) atoms. The second-order valence-electron chi connectivity index (χ2n) is 6.78. The lowest BCUT2D eigenvalue weighted by Crippen LogP contribution is -2.36. The third-order valence-electron chi connectivity index (χ3n) is 4.69. The molecular weight excluding hydrogens is 321 g/mol. The van der Waals surface area contributed by atoms with Crippen molar-refractivity contribution in [3.8, 4) is 17.2 Å². The normalized spacial score (nSPS) is 17.9. The van der Waals surface area contributed by atoms with E-state index < -0.39 is 5.82 Å². The molecular formula is C19H26FN3O2. The van der Waals surface area contributed by atoms with Crippen molar-refractivity contribution in [2.75, 3.05) is 33.8 Å². The van der Waals surface area contributed by atoms with Crippen molar-refractivity contribution in [1.82, 2.24) is 15.2 Å². The summed E-state index contributed by atoms with van der Waals surface area (Å²) in [5, 5.41) is 3.44. The summed E-state index contributed by atoms with van der Waals surface area (Å²) in [6, 6.07) is 4.69. The number of methoxy groups -OCH3 is 1. The Morgan fingerprint density at radius 1 is 1.44 bits per heavy atom. The van der Waals surface area contributed by atoms with E-state index in [4.69, 9.17) is 9.15 Å². The maximum Gasteiger partial charge on any atom is 0.229 e. The van der Waals surface area contributed by atoms with Crippen molar-refractivity contribution in [3.05, 3.63) is 35.5 Å². The Bertz CT molecular complexity index is 711. The minimum absolute atomic E-state index is 0.320. The molecule has 6 heteroatoms. The van der Waals surface area contributed by atoms with Crippen LogP contribution in [0.15, 0.2) is 22.6 Å². The van der Waals surface area contributed by atoms with Gasteiger partial charge in [0, 0.05) is 19.2 Å². The smallest absolute Gasteiger partial charge is 0.229 e. The van der Waals surface area contributed by atoms with Gasteiger partial charge in [-0.05, 0) is 58.0 Å². The van der Waals surface area contributed by atoms with E-state index in [2.05, 4.69) is 22.2 Å². The fourth-order valence-electron chi connectivity index (χ4n) is 3.33.